The summed E-state index contributed by atoms with van der Waals surface area (Å²) >= 11 is 5.68. The molecule has 0 heterocycles. The number of benzene rings is 1. The minimum absolute atomic E-state index is 0.294. The van der Waals surface area contributed by atoms with Crippen molar-refractivity contribution in [3.63, 3.8) is 0 Å². The molecule has 0 aliphatic rings. The average Bonchev–Trinajstić information content (AvgIpc) is 2.22. The number of halogens is 2. The van der Waals surface area contributed by atoms with E-state index in [1.165, 1.54) is 6.08 Å². The van der Waals surface area contributed by atoms with E-state index in [2.05, 4.69) is 38.5 Å². The molecule has 0 radical (unpaired) electrons. The van der Waals surface area contributed by atoms with Crippen LogP contribution in [0.4, 0.5) is 0 Å². The SMILES string of the molecule is CCOC(=O)/C=C(\C)c1ccc(Br)c(I)c1. The predicted molar refractivity (Wildman–Crippen MR) is 77.1 cm³/mol. The smallest absolute Gasteiger partial charge is 0.331 e. The highest BCUT2D eigenvalue weighted by molar-refractivity contribution is 14.1. The van der Waals surface area contributed by atoms with Crippen molar-refractivity contribution in [1.82, 2.24) is 0 Å². The molecule has 0 amide bonds. The van der Waals surface area contributed by atoms with E-state index in [9.17, 15) is 4.79 Å². The number of hydrogen-bond acceptors (Lipinski definition) is 2. The molecule has 86 valence electrons. The van der Waals surface area contributed by atoms with Gasteiger partial charge in [0.1, 0.15) is 0 Å². The maximum atomic E-state index is 11.3. The normalized spacial score (nSPS) is 11.4. The number of esters is 1. The maximum absolute atomic E-state index is 11.3. The van der Waals surface area contributed by atoms with Crippen molar-refractivity contribution in [2.75, 3.05) is 6.61 Å². The highest BCUT2D eigenvalue weighted by atomic mass is 127. The first-order valence-corrected chi connectivity index (χ1v) is 6.72. The van der Waals surface area contributed by atoms with Gasteiger partial charge in [0.25, 0.3) is 0 Å². The monoisotopic (exact) mass is 394 g/mol. The Balaban J connectivity index is 2.91. The van der Waals surface area contributed by atoms with Crippen LogP contribution in [0, 0.1) is 3.57 Å². The van der Waals surface area contributed by atoms with Gasteiger partial charge in [-0.05, 0) is 75.6 Å². The van der Waals surface area contributed by atoms with Crippen LogP contribution in [-0.4, -0.2) is 12.6 Å². The molecular weight excluding hydrogens is 383 g/mol. The van der Waals surface area contributed by atoms with Gasteiger partial charge in [-0.15, -0.1) is 0 Å². The van der Waals surface area contributed by atoms with E-state index in [0.717, 1.165) is 19.2 Å². The zero-order chi connectivity index (χ0) is 12.1. The lowest BCUT2D eigenvalue weighted by Crippen LogP contribution is -2.00. The molecule has 16 heavy (non-hydrogen) atoms. The van der Waals surface area contributed by atoms with Crippen LogP contribution >= 0.6 is 38.5 Å². The number of rotatable bonds is 3. The summed E-state index contributed by atoms with van der Waals surface area (Å²) in [6.07, 6.45) is 1.52. The predicted octanol–water partition coefficient (Wildman–Crippen LogP) is 4.02. The summed E-state index contributed by atoms with van der Waals surface area (Å²) in [5.41, 5.74) is 1.93. The van der Waals surface area contributed by atoms with E-state index in [-0.39, 0.29) is 5.97 Å². The van der Waals surface area contributed by atoms with Crippen molar-refractivity contribution in [1.29, 1.82) is 0 Å². The minimum Gasteiger partial charge on any atom is -0.463 e. The molecule has 4 heteroatoms. The third kappa shape index (κ3) is 3.90. The lowest BCUT2D eigenvalue weighted by molar-refractivity contribution is -0.137. The van der Waals surface area contributed by atoms with E-state index in [1.54, 1.807) is 6.92 Å². The van der Waals surface area contributed by atoms with Crippen molar-refractivity contribution in [3.05, 3.63) is 37.9 Å². The molecule has 0 bridgehead atoms. The molecule has 0 N–H and O–H groups in total. The highest BCUT2D eigenvalue weighted by Gasteiger charge is 2.03. The molecule has 0 saturated heterocycles. The van der Waals surface area contributed by atoms with Crippen molar-refractivity contribution in [3.8, 4) is 0 Å². The summed E-state index contributed by atoms with van der Waals surface area (Å²) in [5.74, 6) is -0.294. The molecule has 0 atom stereocenters. The number of carbonyl (C=O) groups is 1. The van der Waals surface area contributed by atoms with Crippen LogP contribution < -0.4 is 0 Å². The van der Waals surface area contributed by atoms with Gasteiger partial charge in [0, 0.05) is 14.1 Å². The quantitative estimate of drug-likeness (QED) is 0.439. The molecule has 1 aromatic rings. The van der Waals surface area contributed by atoms with Crippen molar-refractivity contribution >= 4 is 50.1 Å². The first kappa shape index (κ1) is 13.7. The molecule has 0 aromatic heterocycles. The Bertz CT molecular complexity index is 427. The van der Waals surface area contributed by atoms with Crippen LogP contribution in [0.1, 0.15) is 19.4 Å². The second-order valence-electron chi connectivity index (χ2n) is 3.21. The molecule has 0 spiro atoms. The zero-order valence-electron chi connectivity index (χ0n) is 9.09. The number of carbonyl (C=O) groups excluding carboxylic acids is 1. The van der Waals surface area contributed by atoms with Gasteiger partial charge >= 0.3 is 5.97 Å². The van der Waals surface area contributed by atoms with Gasteiger partial charge in [-0.2, -0.15) is 0 Å². The summed E-state index contributed by atoms with van der Waals surface area (Å²) in [4.78, 5) is 11.3. The third-order valence-corrected chi connectivity index (χ3v) is 4.32. The Morgan fingerprint density at radius 1 is 1.56 bits per heavy atom. The Morgan fingerprint density at radius 2 is 2.25 bits per heavy atom. The summed E-state index contributed by atoms with van der Waals surface area (Å²) in [7, 11) is 0. The van der Waals surface area contributed by atoms with Gasteiger partial charge in [0.2, 0.25) is 0 Å². The summed E-state index contributed by atoms with van der Waals surface area (Å²) in [6.45, 7) is 4.10. The molecule has 2 nitrogen and oxygen atoms in total. The summed E-state index contributed by atoms with van der Waals surface area (Å²) in [6, 6.07) is 5.96. The molecule has 0 aliphatic heterocycles. The molecule has 1 rings (SSSR count). The van der Waals surface area contributed by atoms with Crippen LogP contribution in [0.25, 0.3) is 5.57 Å². The number of allylic oxidation sites excluding steroid dienone is 1. The van der Waals surface area contributed by atoms with Gasteiger partial charge in [-0.3, -0.25) is 0 Å². The van der Waals surface area contributed by atoms with E-state index in [0.29, 0.717) is 6.61 Å². The molecule has 0 fully saturated rings. The minimum atomic E-state index is -0.294. The van der Waals surface area contributed by atoms with E-state index in [1.807, 2.05) is 25.1 Å². The zero-order valence-corrected chi connectivity index (χ0v) is 12.8. The Morgan fingerprint density at radius 3 is 2.81 bits per heavy atom. The summed E-state index contributed by atoms with van der Waals surface area (Å²) in [5, 5.41) is 0. The van der Waals surface area contributed by atoms with Gasteiger partial charge in [-0.25, -0.2) is 4.79 Å². The Kier molecular flexibility index (Phi) is 5.48. The largest absolute Gasteiger partial charge is 0.463 e. The molecule has 1 aromatic carbocycles. The molecule has 0 aliphatic carbocycles. The van der Waals surface area contributed by atoms with Crippen LogP contribution in [0.3, 0.4) is 0 Å². The first-order valence-electron chi connectivity index (χ1n) is 4.85. The van der Waals surface area contributed by atoms with E-state index in [4.69, 9.17) is 4.74 Å². The Hall–Kier alpha value is -0.360. The van der Waals surface area contributed by atoms with E-state index < -0.39 is 0 Å². The number of hydrogen-bond donors (Lipinski definition) is 0. The van der Waals surface area contributed by atoms with Crippen molar-refractivity contribution < 1.29 is 9.53 Å². The van der Waals surface area contributed by atoms with Gasteiger partial charge in [0.05, 0.1) is 6.61 Å². The lowest BCUT2D eigenvalue weighted by Gasteiger charge is -2.04. The van der Waals surface area contributed by atoms with Crippen LogP contribution in [0.5, 0.6) is 0 Å². The van der Waals surface area contributed by atoms with Gasteiger partial charge in [0.15, 0.2) is 0 Å². The van der Waals surface area contributed by atoms with Gasteiger partial charge < -0.3 is 4.74 Å². The average molecular weight is 395 g/mol. The maximum Gasteiger partial charge on any atom is 0.331 e. The van der Waals surface area contributed by atoms with Crippen molar-refractivity contribution in [2.45, 2.75) is 13.8 Å². The molecule has 0 saturated carbocycles. The van der Waals surface area contributed by atoms with Gasteiger partial charge in [-0.1, -0.05) is 6.07 Å². The Labute approximate surface area is 117 Å². The molecule has 0 unspecified atom stereocenters. The third-order valence-electron chi connectivity index (χ3n) is 2.00. The fourth-order valence-electron chi connectivity index (χ4n) is 1.19. The number of ether oxygens (including phenoxy) is 1. The molecular formula is C12H12BrIO2. The van der Waals surface area contributed by atoms with Crippen LogP contribution in [-0.2, 0) is 9.53 Å². The van der Waals surface area contributed by atoms with Crippen molar-refractivity contribution in [2.24, 2.45) is 0 Å². The lowest BCUT2D eigenvalue weighted by atomic mass is 10.1. The topological polar surface area (TPSA) is 26.3 Å². The first-order chi connectivity index (χ1) is 7.54. The summed E-state index contributed by atoms with van der Waals surface area (Å²) < 4.78 is 7.04. The second kappa shape index (κ2) is 6.39. The highest BCUT2D eigenvalue weighted by Crippen LogP contribution is 2.23. The fourth-order valence-corrected chi connectivity index (χ4v) is 1.95. The standard InChI is InChI=1S/C12H12BrIO2/c1-3-16-12(15)6-8(2)9-4-5-10(13)11(14)7-9/h4-7H,3H2,1-2H3/b8-6+. The van der Waals surface area contributed by atoms with E-state index >= 15 is 0 Å². The van der Waals surface area contributed by atoms with Crippen LogP contribution in [0.2, 0.25) is 0 Å². The fraction of sp³-hybridized carbons (Fsp3) is 0.250. The second-order valence-corrected chi connectivity index (χ2v) is 5.22. The van der Waals surface area contributed by atoms with Crippen LogP contribution in [0.15, 0.2) is 28.7 Å².